The summed E-state index contributed by atoms with van der Waals surface area (Å²) in [7, 11) is 0. The van der Waals surface area contributed by atoms with Gasteiger partial charge in [-0.05, 0) is 93.3 Å². The van der Waals surface area contributed by atoms with Gasteiger partial charge in [-0.3, -0.25) is 18.7 Å². The van der Waals surface area contributed by atoms with Gasteiger partial charge in [0.2, 0.25) is 0 Å². The number of para-hydroxylation sites is 1. The Labute approximate surface area is 324 Å². The lowest BCUT2D eigenvalue weighted by atomic mass is 9.80. The molecule has 0 N–H and O–H groups in total. The molecule has 0 fully saturated rings. The predicted molar refractivity (Wildman–Crippen MR) is 222 cm³/mol. The van der Waals surface area contributed by atoms with Crippen molar-refractivity contribution in [2.45, 2.75) is 106 Å². The lowest BCUT2D eigenvalue weighted by Crippen LogP contribution is -2.36. The molecule has 4 aromatic heterocycles. The number of rotatable bonds is 6. The fourth-order valence-electron chi connectivity index (χ4n) is 6.76. The normalized spacial score (nSPS) is 13.7. The van der Waals surface area contributed by atoms with Crippen molar-refractivity contribution in [1.82, 2.24) is 19.1 Å². The van der Waals surface area contributed by atoms with E-state index in [2.05, 4.69) is 140 Å². The van der Waals surface area contributed by atoms with Crippen LogP contribution in [0.5, 0.6) is 11.5 Å². The second-order valence-corrected chi connectivity index (χ2v) is 18.6. The molecule has 0 bridgehead atoms. The number of ether oxygens (including phenoxy) is 1. The van der Waals surface area contributed by atoms with E-state index in [1.165, 1.54) is 16.7 Å². The summed E-state index contributed by atoms with van der Waals surface area (Å²) in [6, 6.07) is 29.2. The Morgan fingerprint density at radius 2 is 1.24 bits per heavy atom. The molecular formula is C48H55N5O. The maximum atomic E-state index is 9.42. The Hall–Kier alpha value is -5.23. The van der Waals surface area contributed by atoms with E-state index in [0.29, 0.717) is 23.0 Å². The molecule has 0 spiro atoms. The van der Waals surface area contributed by atoms with E-state index in [1.54, 1.807) is 10.8 Å². The third-order valence-corrected chi connectivity index (χ3v) is 9.80. The van der Waals surface area contributed by atoms with Crippen molar-refractivity contribution in [3.63, 3.8) is 0 Å². The summed E-state index contributed by atoms with van der Waals surface area (Å²) >= 11 is 0. The summed E-state index contributed by atoms with van der Waals surface area (Å²) in [4.78, 5) is 9.55. The van der Waals surface area contributed by atoms with Crippen molar-refractivity contribution < 1.29 is 12.0 Å². The summed E-state index contributed by atoms with van der Waals surface area (Å²) in [5.41, 5.74) is 6.05. The highest BCUT2D eigenvalue weighted by atomic mass is 16.5. The Balaban J connectivity index is 1.32. The molecule has 54 heavy (non-hydrogen) atoms. The van der Waals surface area contributed by atoms with E-state index < -0.39 is 11.8 Å². The second kappa shape index (κ2) is 13.3. The molecule has 7 aromatic rings. The minimum absolute atomic E-state index is 0.0254. The molecule has 7 rings (SSSR count). The van der Waals surface area contributed by atoms with Gasteiger partial charge in [-0.25, -0.2) is 4.98 Å². The number of benzene rings is 3. The van der Waals surface area contributed by atoms with E-state index in [9.17, 15) is 2.74 Å². The van der Waals surface area contributed by atoms with Gasteiger partial charge in [-0.1, -0.05) is 107 Å². The molecule has 0 aliphatic carbocycles. The van der Waals surface area contributed by atoms with Crippen molar-refractivity contribution in [2.24, 2.45) is 5.41 Å². The molecule has 4 heterocycles. The Bertz CT molecular complexity index is 2550. The van der Waals surface area contributed by atoms with Crippen LogP contribution >= 0.6 is 0 Å². The summed E-state index contributed by atoms with van der Waals surface area (Å²) in [6.45, 7) is 25.7. The quantitative estimate of drug-likeness (QED) is 0.127. The lowest BCUT2D eigenvalue weighted by Gasteiger charge is -2.27. The number of hydrogen-bond acceptors (Lipinski definition) is 3. The highest BCUT2D eigenvalue weighted by Crippen LogP contribution is 2.36. The zero-order valence-electron chi connectivity index (χ0n) is 36.0. The maximum absolute atomic E-state index is 9.42. The first kappa shape index (κ1) is 34.5. The van der Waals surface area contributed by atoms with Gasteiger partial charge in [-0.15, -0.1) is 0 Å². The van der Waals surface area contributed by atoms with Crippen LogP contribution in [0.25, 0.3) is 39.1 Å². The highest BCUT2D eigenvalue weighted by Gasteiger charge is 2.24. The number of pyridine rings is 2. The third-order valence-electron chi connectivity index (χ3n) is 9.80. The van der Waals surface area contributed by atoms with Crippen LogP contribution in [0.2, 0.25) is 0 Å². The van der Waals surface area contributed by atoms with Crippen LogP contribution in [0.15, 0.2) is 104 Å². The molecule has 6 heteroatoms. The van der Waals surface area contributed by atoms with E-state index in [1.807, 2.05) is 55.9 Å². The van der Waals surface area contributed by atoms with Crippen LogP contribution in [-0.4, -0.2) is 19.1 Å². The minimum atomic E-state index is -1.71. The van der Waals surface area contributed by atoms with Crippen LogP contribution < -0.4 is 9.30 Å². The van der Waals surface area contributed by atoms with Gasteiger partial charge in [0.1, 0.15) is 17.3 Å². The van der Waals surface area contributed by atoms with Crippen molar-refractivity contribution in [3.8, 4) is 28.8 Å². The number of fused-ring (bicyclic) bond motifs is 3. The Morgan fingerprint density at radius 1 is 0.630 bits per heavy atom. The van der Waals surface area contributed by atoms with Gasteiger partial charge in [0.25, 0.3) is 6.33 Å². The first-order valence-electron chi connectivity index (χ1n) is 19.9. The highest BCUT2D eigenvalue weighted by molar-refractivity contribution is 6.09. The molecule has 0 radical (unpaired) electrons. The van der Waals surface area contributed by atoms with Crippen molar-refractivity contribution in [1.29, 1.82) is 0 Å². The van der Waals surface area contributed by atoms with Gasteiger partial charge < -0.3 is 4.74 Å². The van der Waals surface area contributed by atoms with Gasteiger partial charge in [-0.2, -0.15) is 0 Å². The molecule has 3 aromatic carbocycles. The van der Waals surface area contributed by atoms with Crippen LogP contribution in [0.4, 0.5) is 0 Å². The standard InChI is InChI=1S/C48H55N5O/c1-45(2,3)29-36-30-51(31-52(36)35-24-33(47(7,8)9)23-34(25-35)48(10,11)12)43-28-38(20-22-49-43)54-37-17-18-40-39-15-13-14-16-41(39)53(42(40)27-37)44-26-32(19-21-50-44)46(4,5)6/h13-28,30H,29H2,1-12H3/i29D2. The lowest BCUT2D eigenvalue weighted by molar-refractivity contribution is -0.608. The summed E-state index contributed by atoms with van der Waals surface area (Å²) in [5.74, 6) is 2.70. The maximum Gasteiger partial charge on any atom is 0.270 e. The summed E-state index contributed by atoms with van der Waals surface area (Å²) in [6.07, 6.45) is 7.20. The van der Waals surface area contributed by atoms with Crippen LogP contribution in [0, 0.1) is 11.7 Å². The second-order valence-electron chi connectivity index (χ2n) is 18.6. The fourth-order valence-corrected chi connectivity index (χ4v) is 6.76. The van der Waals surface area contributed by atoms with Gasteiger partial charge in [0.15, 0.2) is 5.82 Å². The largest absolute Gasteiger partial charge is 0.458 e. The Morgan fingerprint density at radius 3 is 1.91 bits per heavy atom. The van der Waals surface area contributed by atoms with E-state index in [0.717, 1.165) is 33.3 Å². The molecule has 6 nitrogen and oxygen atoms in total. The molecule has 278 valence electrons. The first-order valence-corrected chi connectivity index (χ1v) is 18.9. The average molecular weight is 720 g/mol. The van der Waals surface area contributed by atoms with Crippen molar-refractivity contribution >= 4 is 21.8 Å². The number of hydrogen-bond donors (Lipinski definition) is 0. The number of imidazole rings is 1. The van der Waals surface area contributed by atoms with Crippen LogP contribution in [0.1, 0.15) is 108 Å². The molecule has 0 saturated carbocycles. The zero-order valence-corrected chi connectivity index (χ0v) is 34.0. The zero-order chi connectivity index (χ0) is 40.6. The number of aromatic nitrogens is 5. The molecule has 0 aliphatic rings. The molecule has 0 atom stereocenters. The third kappa shape index (κ3) is 7.57. The van der Waals surface area contributed by atoms with E-state index >= 15 is 0 Å². The van der Waals surface area contributed by atoms with Crippen LogP contribution in [0.3, 0.4) is 0 Å². The Kier molecular flexibility index (Phi) is 8.48. The molecule has 0 unspecified atom stereocenters. The van der Waals surface area contributed by atoms with Crippen LogP contribution in [-0.2, 0) is 22.6 Å². The SMILES string of the molecule is [2H]C([2H])(c1cn(-c2cc(Oc3ccc4c5ccccc5n(-c5cc(C(C)(C)C)ccn5)c4c3)ccn2)[c-][n+]1-c1cc(C(C)(C)C)cc(C(C)(C)C)c1)C(C)(C)C. The van der Waals surface area contributed by atoms with Gasteiger partial charge in [0.05, 0.1) is 22.4 Å². The van der Waals surface area contributed by atoms with Crippen molar-refractivity contribution in [3.05, 3.63) is 132 Å². The predicted octanol–water partition coefficient (Wildman–Crippen LogP) is 11.7. The monoisotopic (exact) mass is 719 g/mol. The fraction of sp³-hybridized carbons (Fsp3) is 0.354. The molecular weight excluding hydrogens is 663 g/mol. The smallest absolute Gasteiger partial charge is 0.270 e. The van der Waals surface area contributed by atoms with Crippen molar-refractivity contribution in [2.75, 3.05) is 0 Å². The van der Waals surface area contributed by atoms with Gasteiger partial charge in [0, 0.05) is 44.2 Å². The average Bonchev–Trinajstić information content (AvgIpc) is 3.71. The number of nitrogens with zero attached hydrogens (tertiary/aromatic N) is 5. The van der Waals surface area contributed by atoms with E-state index in [4.69, 9.17) is 14.7 Å². The summed E-state index contributed by atoms with van der Waals surface area (Å²) in [5, 5.41) is 2.26. The summed E-state index contributed by atoms with van der Waals surface area (Å²) < 4.78 is 31.3. The van der Waals surface area contributed by atoms with E-state index in [-0.39, 0.29) is 16.2 Å². The topological polar surface area (TPSA) is 48.8 Å². The molecule has 0 amide bonds. The minimum Gasteiger partial charge on any atom is -0.458 e. The van der Waals surface area contributed by atoms with Gasteiger partial charge >= 0.3 is 0 Å². The molecule has 0 aliphatic heterocycles. The first-order chi connectivity index (χ1) is 26.0. The molecule has 0 saturated heterocycles.